The number of hydrogen-bond acceptors (Lipinski definition) is 10. The topological polar surface area (TPSA) is 120 Å². The number of hydrogen-bond donors (Lipinski definition) is 2. The summed E-state index contributed by atoms with van der Waals surface area (Å²) < 4.78 is 91.3. The van der Waals surface area contributed by atoms with Crippen molar-refractivity contribution in [1.82, 2.24) is 24.7 Å². The molecule has 0 amide bonds. The summed E-state index contributed by atoms with van der Waals surface area (Å²) in [4.78, 5) is 14.4. The van der Waals surface area contributed by atoms with Crippen LogP contribution < -0.4 is 10.0 Å². The Morgan fingerprint density at radius 1 is 0.952 bits per heavy atom. The molecule has 2 aliphatic heterocycles. The number of alkyl halides is 3. The van der Waals surface area contributed by atoms with Crippen molar-refractivity contribution < 1.29 is 30.5 Å². The van der Waals surface area contributed by atoms with E-state index in [0.717, 1.165) is 49.7 Å². The molecule has 0 saturated carbocycles. The van der Waals surface area contributed by atoms with Gasteiger partial charge in [-0.1, -0.05) is 78.3 Å². The maximum absolute atomic E-state index is 14.1. The minimum absolute atomic E-state index is 0.0730. The van der Waals surface area contributed by atoms with Crippen molar-refractivity contribution in [3.05, 3.63) is 131 Å². The second kappa shape index (κ2) is 20.4. The van der Waals surface area contributed by atoms with Crippen LogP contribution in [0.2, 0.25) is 5.02 Å². The number of anilines is 2. The summed E-state index contributed by atoms with van der Waals surface area (Å²) in [5.74, 6) is 0.0730. The van der Waals surface area contributed by atoms with E-state index in [1.165, 1.54) is 29.6 Å². The second-order valence-corrected chi connectivity index (χ2v) is 19.5. The molecule has 5 aromatic rings. The Morgan fingerprint density at radius 3 is 2.40 bits per heavy atom. The fourth-order valence-electron chi connectivity index (χ4n) is 8.00. The number of piperidine rings is 1. The molecule has 0 radical (unpaired) electrons. The van der Waals surface area contributed by atoms with Crippen LogP contribution in [0.25, 0.3) is 11.1 Å². The van der Waals surface area contributed by atoms with Gasteiger partial charge < -0.3 is 15.0 Å². The summed E-state index contributed by atoms with van der Waals surface area (Å²) in [6.45, 7) is 4.87. The van der Waals surface area contributed by atoms with Gasteiger partial charge in [-0.25, -0.2) is 22.6 Å². The molecule has 0 aliphatic carbocycles. The average molecular weight is 911 g/mol. The van der Waals surface area contributed by atoms with E-state index >= 15 is 0 Å². The molecule has 2 atom stereocenters. The van der Waals surface area contributed by atoms with Crippen molar-refractivity contribution in [3.8, 4) is 11.1 Å². The number of halogens is 4. The van der Waals surface area contributed by atoms with Gasteiger partial charge in [-0.2, -0.15) is 13.2 Å². The third kappa shape index (κ3) is 11.8. The Morgan fingerprint density at radius 2 is 1.68 bits per heavy atom. The van der Waals surface area contributed by atoms with Crippen molar-refractivity contribution in [3.63, 3.8) is 0 Å². The molecule has 0 spiro atoms. The van der Waals surface area contributed by atoms with Gasteiger partial charge in [-0.3, -0.25) is 14.5 Å². The van der Waals surface area contributed by atoms with Gasteiger partial charge >= 0.3 is 5.51 Å². The van der Waals surface area contributed by atoms with Gasteiger partial charge in [0.05, 0.1) is 40.4 Å². The van der Waals surface area contributed by atoms with E-state index in [4.69, 9.17) is 16.3 Å². The van der Waals surface area contributed by atoms with E-state index in [0.29, 0.717) is 54.8 Å². The number of aromatic nitrogens is 2. The molecule has 1 aromatic heterocycles. The van der Waals surface area contributed by atoms with E-state index in [9.17, 15) is 25.8 Å². The number of rotatable bonds is 17. The first kappa shape index (κ1) is 45.6. The quantitative estimate of drug-likeness (QED) is 0.0946. The monoisotopic (exact) mass is 909 g/mol. The average Bonchev–Trinajstić information content (AvgIpc) is 3.26. The number of likely N-dealkylation sites (tertiary alicyclic amines) is 1. The molecule has 0 bridgehead atoms. The first-order valence-corrected chi connectivity index (χ1v) is 23.6. The molecule has 7 rings (SSSR count). The molecule has 3 heterocycles. The highest BCUT2D eigenvalue weighted by molar-refractivity contribution is 7.92. The van der Waals surface area contributed by atoms with Gasteiger partial charge in [-0.15, -0.1) is 0 Å². The lowest BCUT2D eigenvalue weighted by Crippen LogP contribution is -2.46. The molecular weight excluding hydrogens is 859 g/mol. The van der Waals surface area contributed by atoms with E-state index < -0.39 is 42.2 Å². The van der Waals surface area contributed by atoms with Gasteiger partial charge in [0.15, 0.2) is 10.8 Å². The molecule has 1 saturated heterocycles. The Balaban J connectivity index is 1.01. The van der Waals surface area contributed by atoms with Gasteiger partial charge in [0.25, 0.3) is 10.0 Å². The number of ether oxygens (including phenoxy) is 1. The molecular formula is C45H51ClF3N7O4S2. The lowest BCUT2D eigenvalue weighted by atomic mass is 9.96. The number of nitrogens with zero attached hydrogens (tertiary/aromatic N) is 5. The normalized spacial score (nSPS) is 16.5. The van der Waals surface area contributed by atoms with Crippen molar-refractivity contribution >= 4 is 43.9 Å². The molecule has 17 heteroatoms. The Hall–Kier alpha value is -4.42. The zero-order valence-electron chi connectivity index (χ0n) is 34.7. The fourth-order valence-corrected chi connectivity index (χ4v) is 10.1. The molecule has 11 nitrogen and oxygen atoms in total. The SMILES string of the molecule is CN(C)CC[C@H](COCc1ccccc1)Nc1ccc(S(=O)(=O)Nc2ncnc3c2CCN(C2CCN(Cc4ccccc4-c4ccc(Cl)cc4)CC2)C3)cc1S(=O)C(F)(F)F. The fraction of sp³-hybridized carbons (Fsp3) is 0.378. The minimum Gasteiger partial charge on any atom is -0.379 e. The van der Waals surface area contributed by atoms with Crippen LogP contribution in [0.3, 0.4) is 0 Å². The van der Waals surface area contributed by atoms with Crippen molar-refractivity contribution in [2.75, 3.05) is 56.9 Å². The van der Waals surface area contributed by atoms with E-state index in [1.807, 2.05) is 73.6 Å². The molecule has 1 fully saturated rings. The Labute approximate surface area is 369 Å². The maximum Gasteiger partial charge on any atom is 0.475 e. The first-order chi connectivity index (χ1) is 29.7. The standard InChI is InChI=1S/C45H51ClF3N7O4S2/c1-54(2)22-18-36(30-60-29-32-8-4-3-5-9-32)52-41-17-16-38(26-43(41)61(57)45(47,48)49)62(58,59)53-44-40-21-25-56(28-42(40)50-31-51-44)37-19-23-55(24-20-37)27-34-10-6-7-11-39(34)33-12-14-35(46)15-13-33/h3-17,26,31,36-37,52H,18-25,27-30H2,1-2H3,(H,50,51,53)/t36-,61?/m1/s1. The number of benzene rings is 4. The molecule has 1 unspecified atom stereocenters. The van der Waals surface area contributed by atoms with E-state index in [-0.39, 0.29) is 24.7 Å². The van der Waals surface area contributed by atoms with E-state index in [2.05, 4.69) is 54.1 Å². The number of fused-ring (bicyclic) bond motifs is 1. The van der Waals surface area contributed by atoms with Crippen LogP contribution in [0.1, 0.15) is 41.6 Å². The third-order valence-corrected chi connectivity index (χ3v) is 14.0. The maximum atomic E-state index is 14.1. The molecule has 2 aliphatic rings. The van der Waals surface area contributed by atoms with Crippen LogP contribution in [0, 0.1) is 0 Å². The largest absolute Gasteiger partial charge is 0.475 e. The lowest BCUT2D eigenvalue weighted by molar-refractivity contribution is -0.0384. The van der Waals surface area contributed by atoms with Gasteiger partial charge in [-0.05, 0) is 112 Å². The van der Waals surface area contributed by atoms with Crippen molar-refractivity contribution in [1.29, 1.82) is 0 Å². The summed E-state index contributed by atoms with van der Waals surface area (Å²) >= 11 is 6.14. The zero-order valence-corrected chi connectivity index (χ0v) is 37.0. The van der Waals surface area contributed by atoms with Gasteiger partial charge in [0, 0.05) is 36.3 Å². The summed E-state index contributed by atoms with van der Waals surface area (Å²) in [6.07, 6.45) is 4.19. The predicted molar refractivity (Wildman–Crippen MR) is 238 cm³/mol. The summed E-state index contributed by atoms with van der Waals surface area (Å²) in [5, 5.41) is 3.78. The molecule has 330 valence electrons. The highest BCUT2D eigenvalue weighted by Crippen LogP contribution is 2.35. The van der Waals surface area contributed by atoms with E-state index in [1.54, 1.807) is 0 Å². The number of nitrogens with one attached hydrogen (secondary N) is 2. The first-order valence-electron chi connectivity index (χ1n) is 20.5. The van der Waals surface area contributed by atoms with Crippen LogP contribution in [0.15, 0.2) is 113 Å². The van der Waals surface area contributed by atoms with Gasteiger partial charge in [0.1, 0.15) is 12.1 Å². The van der Waals surface area contributed by atoms with Gasteiger partial charge in [0.2, 0.25) is 0 Å². The molecule has 62 heavy (non-hydrogen) atoms. The van der Waals surface area contributed by atoms with Crippen LogP contribution in [-0.2, 0) is 51.7 Å². The Kier molecular flexibility index (Phi) is 15.0. The van der Waals surface area contributed by atoms with Crippen molar-refractivity contribution in [2.45, 2.75) is 72.8 Å². The lowest BCUT2D eigenvalue weighted by Gasteiger charge is -2.40. The second-order valence-electron chi connectivity index (χ2n) is 16.0. The molecule has 2 N–H and O–H groups in total. The summed E-state index contributed by atoms with van der Waals surface area (Å²) in [6, 6.07) is 28.9. The molecule has 4 aromatic carbocycles. The zero-order chi connectivity index (χ0) is 43.9. The summed E-state index contributed by atoms with van der Waals surface area (Å²) in [5.41, 5.74) is 0.602. The summed E-state index contributed by atoms with van der Waals surface area (Å²) in [7, 11) is -4.27. The smallest absolute Gasteiger partial charge is 0.379 e. The van der Waals surface area contributed by atoms with Crippen LogP contribution in [0.4, 0.5) is 24.7 Å². The highest BCUT2D eigenvalue weighted by Gasteiger charge is 2.40. The minimum atomic E-state index is -5.15. The van der Waals surface area contributed by atoms with Crippen LogP contribution >= 0.6 is 11.6 Å². The van der Waals surface area contributed by atoms with Crippen molar-refractivity contribution in [2.24, 2.45) is 0 Å². The Bertz CT molecular complexity index is 2420. The number of sulfonamides is 1. The van der Waals surface area contributed by atoms with Crippen LogP contribution in [0.5, 0.6) is 0 Å². The van der Waals surface area contributed by atoms with Crippen LogP contribution in [-0.4, -0.2) is 102 Å². The highest BCUT2D eigenvalue weighted by atomic mass is 35.5. The predicted octanol–water partition coefficient (Wildman–Crippen LogP) is 8.20. The third-order valence-electron chi connectivity index (χ3n) is 11.3.